The molecule has 0 N–H and O–H groups in total. The highest BCUT2D eigenvalue weighted by molar-refractivity contribution is 7.95. The number of halogens is 1. The molecule has 0 aliphatic rings. The Kier molecular flexibility index (Phi) is 4.23. The zero-order valence-corrected chi connectivity index (χ0v) is 11.9. The molecule has 5 heteroatoms. The van der Waals surface area contributed by atoms with Gasteiger partial charge in [0.1, 0.15) is 11.0 Å². The number of rotatable bonds is 3. The van der Waals surface area contributed by atoms with Crippen molar-refractivity contribution in [2.75, 3.05) is 0 Å². The predicted molar refractivity (Wildman–Crippen MR) is 78.7 cm³/mol. The molecule has 0 aliphatic carbocycles. The largest absolute Gasteiger partial charge is 0.218 e. The van der Waals surface area contributed by atoms with Crippen molar-refractivity contribution in [3.63, 3.8) is 0 Å². The first-order valence-electron chi connectivity index (χ1n) is 5.71. The molecule has 0 amide bonds. The number of nitrogens with zero attached hydrogens (tertiary/aromatic N) is 1. The lowest BCUT2D eigenvalue weighted by molar-refractivity contribution is 0.603. The van der Waals surface area contributed by atoms with Gasteiger partial charge in [-0.3, -0.25) is 0 Å². The van der Waals surface area contributed by atoms with Gasteiger partial charge in [0.05, 0.1) is 4.90 Å². The van der Waals surface area contributed by atoms with Crippen molar-refractivity contribution < 1.29 is 8.42 Å². The average Bonchev–Trinajstić information content (AvgIpc) is 2.45. The van der Waals surface area contributed by atoms with Crippen molar-refractivity contribution in [1.82, 2.24) is 0 Å². The van der Waals surface area contributed by atoms with Crippen LogP contribution in [0.5, 0.6) is 0 Å². The van der Waals surface area contributed by atoms with Crippen LogP contribution in [0.2, 0.25) is 5.02 Å². The summed E-state index contributed by atoms with van der Waals surface area (Å²) in [4.78, 5) is -0.221. The lowest BCUT2D eigenvalue weighted by Crippen LogP contribution is -2.03. The monoisotopic (exact) mass is 303 g/mol. The molecule has 0 unspecified atom stereocenters. The Morgan fingerprint density at radius 2 is 1.80 bits per heavy atom. The lowest BCUT2D eigenvalue weighted by atomic mass is 10.2. The number of allylic oxidation sites excluding steroid dienone is 1. The summed E-state index contributed by atoms with van der Waals surface area (Å²) in [5.41, 5.74) is 0.563. The van der Waals surface area contributed by atoms with E-state index >= 15 is 0 Å². The van der Waals surface area contributed by atoms with Gasteiger partial charge in [-0.15, -0.1) is 0 Å². The maximum Gasteiger partial charge on any atom is 0.216 e. The quantitative estimate of drug-likeness (QED) is 0.813. The highest BCUT2D eigenvalue weighted by atomic mass is 35.5. The van der Waals surface area contributed by atoms with E-state index in [0.717, 1.165) is 0 Å². The Hall–Kier alpha value is -2.09. The third-order valence-electron chi connectivity index (χ3n) is 2.60. The minimum atomic E-state index is -3.81. The summed E-state index contributed by atoms with van der Waals surface area (Å²) in [5.74, 6) is 0. The van der Waals surface area contributed by atoms with E-state index in [-0.39, 0.29) is 9.80 Å². The van der Waals surface area contributed by atoms with Crippen LogP contribution in [0.25, 0.3) is 6.08 Å². The fourth-order valence-corrected chi connectivity index (χ4v) is 3.02. The van der Waals surface area contributed by atoms with Gasteiger partial charge in [-0.25, -0.2) is 8.42 Å². The second kappa shape index (κ2) is 5.91. The van der Waals surface area contributed by atoms with E-state index in [4.69, 9.17) is 16.9 Å². The molecule has 0 bridgehead atoms. The molecule has 3 nitrogen and oxygen atoms in total. The van der Waals surface area contributed by atoms with E-state index in [0.29, 0.717) is 10.6 Å². The zero-order chi connectivity index (χ0) is 14.6. The second-order valence-corrected chi connectivity index (χ2v) is 6.35. The lowest BCUT2D eigenvalue weighted by Gasteiger charge is -2.03. The third-order valence-corrected chi connectivity index (χ3v) is 4.52. The first kappa shape index (κ1) is 14.3. The van der Waals surface area contributed by atoms with Gasteiger partial charge in [-0.1, -0.05) is 41.9 Å². The summed E-state index contributed by atoms with van der Waals surface area (Å²) in [6.07, 6.45) is 1.31. The first-order chi connectivity index (χ1) is 9.54. The van der Waals surface area contributed by atoms with Gasteiger partial charge in [-0.2, -0.15) is 5.26 Å². The van der Waals surface area contributed by atoms with Gasteiger partial charge < -0.3 is 0 Å². The van der Waals surface area contributed by atoms with Gasteiger partial charge in [0.2, 0.25) is 9.84 Å². The maximum absolute atomic E-state index is 12.3. The van der Waals surface area contributed by atoms with Gasteiger partial charge >= 0.3 is 0 Å². The summed E-state index contributed by atoms with van der Waals surface area (Å²) in [6.45, 7) is 0. The number of sulfone groups is 1. The Balaban J connectivity index is 2.51. The molecule has 0 spiro atoms. The van der Waals surface area contributed by atoms with Crippen molar-refractivity contribution in [3.05, 3.63) is 70.1 Å². The van der Waals surface area contributed by atoms with Crippen LogP contribution in [0.4, 0.5) is 0 Å². The Bertz CT molecular complexity index is 790. The fourth-order valence-electron chi connectivity index (χ4n) is 1.64. The van der Waals surface area contributed by atoms with E-state index in [1.165, 1.54) is 18.2 Å². The molecule has 2 aromatic carbocycles. The molecule has 20 heavy (non-hydrogen) atoms. The van der Waals surface area contributed by atoms with Crippen molar-refractivity contribution >= 4 is 27.5 Å². The molecule has 0 radical (unpaired) electrons. The Morgan fingerprint density at radius 3 is 2.40 bits per heavy atom. The van der Waals surface area contributed by atoms with Gasteiger partial charge in [0.25, 0.3) is 0 Å². The van der Waals surface area contributed by atoms with Gasteiger partial charge in [0.15, 0.2) is 0 Å². The summed E-state index contributed by atoms with van der Waals surface area (Å²) >= 11 is 5.84. The first-order valence-corrected chi connectivity index (χ1v) is 7.57. The van der Waals surface area contributed by atoms with Crippen molar-refractivity contribution in [2.24, 2.45) is 0 Å². The molecule has 100 valence electrons. The van der Waals surface area contributed by atoms with Crippen molar-refractivity contribution in [1.29, 1.82) is 5.26 Å². The molecule has 2 aromatic rings. The number of hydrogen-bond donors (Lipinski definition) is 0. The SMILES string of the molecule is N#C/C(=C/c1cccc(Cl)c1)S(=O)(=O)c1ccccc1. The van der Waals surface area contributed by atoms with Crippen LogP contribution in [0, 0.1) is 11.3 Å². The van der Waals surface area contributed by atoms with E-state index in [9.17, 15) is 8.42 Å². The maximum atomic E-state index is 12.3. The second-order valence-electron chi connectivity index (χ2n) is 3.99. The minimum Gasteiger partial charge on any atom is -0.218 e. The third kappa shape index (κ3) is 3.08. The van der Waals surface area contributed by atoms with Crippen LogP contribution in [0.15, 0.2) is 64.4 Å². The molecule has 0 saturated carbocycles. The van der Waals surface area contributed by atoms with Crippen LogP contribution in [-0.4, -0.2) is 8.42 Å². The van der Waals surface area contributed by atoms with Gasteiger partial charge in [0, 0.05) is 5.02 Å². The molecule has 0 fully saturated rings. The van der Waals surface area contributed by atoms with Crippen LogP contribution < -0.4 is 0 Å². The molecule has 0 aliphatic heterocycles. The van der Waals surface area contributed by atoms with Crippen LogP contribution in [0.1, 0.15) is 5.56 Å². The van der Waals surface area contributed by atoms with E-state index in [1.54, 1.807) is 48.5 Å². The molecular formula is C15H10ClNO2S. The highest BCUT2D eigenvalue weighted by Gasteiger charge is 2.20. The average molecular weight is 304 g/mol. The molecule has 2 rings (SSSR count). The van der Waals surface area contributed by atoms with E-state index in [1.807, 2.05) is 0 Å². The highest BCUT2D eigenvalue weighted by Crippen LogP contribution is 2.21. The van der Waals surface area contributed by atoms with Gasteiger partial charge in [-0.05, 0) is 35.9 Å². The van der Waals surface area contributed by atoms with E-state index in [2.05, 4.69) is 0 Å². The summed E-state index contributed by atoms with van der Waals surface area (Å²) in [5, 5.41) is 9.60. The van der Waals surface area contributed by atoms with Crippen LogP contribution in [0.3, 0.4) is 0 Å². The molecule has 0 aromatic heterocycles. The normalized spacial score (nSPS) is 11.9. The Morgan fingerprint density at radius 1 is 1.10 bits per heavy atom. The fraction of sp³-hybridized carbons (Fsp3) is 0. The van der Waals surface area contributed by atoms with Crippen LogP contribution >= 0.6 is 11.6 Å². The summed E-state index contributed by atoms with van der Waals surface area (Å²) in [6, 6.07) is 16.2. The summed E-state index contributed by atoms with van der Waals surface area (Å²) < 4.78 is 24.7. The number of hydrogen-bond acceptors (Lipinski definition) is 3. The van der Waals surface area contributed by atoms with E-state index < -0.39 is 9.84 Å². The standard InChI is InChI=1S/C15H10ClNO2S/c16-13-6-4-5-12(9-13)10-15(11-17)20(18,19)14-7-2-1-3-8-14/h1-10H/b15-10-. The minimum absolute atomic E-state index is 0.0924. The number of nitriles is 1. The van der Waals surface area contributed by atoms with Crippen molar-refractivity contribution in [3.8, 4) is 6.07 Å². The topological polar surface area (TPSA) is 57.9 Å². The molecule has 0 heterocycles. The van der Waals surface area contributed by atoms with Crippen LogP contribution in [-0.2, 0) is 9.84 Å². The Labute approximate surface area is 122 Å². The molecule has 0 saturated heterocycles. The number of benzene rings is 2. The molecule has 0 atom stereocenters. The summed E-state index contributed by atoms with van der Waals surface area (Å²) in [7, 11) is -3.81. The predicted octanol–water partition coefficient (Wildman–Crippen LogP) is 3.68. The molecular weight excluding hydrogens is 294 g/mol. The zero-order valence-electron chi connectivity index (χ0n) is 10.3. The smallest absolute Gasteiger partial charge is 0.216 e. The van der Waals surface area contributed by atoms with Crippen molar-refractivity contribution in [2.45, 2.75) is 4.90 Å².